The Morgan fingerprint density at radius 2 is 1.59 bits per heavy atom. The molecule has 100 valence electrons. The van der Waals surface area contributed by atoms with Gasteiger partial charge in [-0.05, 0) is 19.3 Å². The van der Waals surface area contributed by atoms with E-state index in [0.29, 0.717) is 12.2 Å². The first-order valence-electron chi connectivity index (χ1n) is 7.60. The highest BCUT2D eigenvalue weighted by molar-refractivity contribution is 4.94. The molecule has 0 saturated carbocycles. The second-order valence-electron chi connectivity index (χ2n) is 6.11. The Balaban J connectivity index is 1.61. The smallest absolute Gasteiger partial charge is 0.0697 e. The van der Waals surface area contributed by atoms with Crippen molar-refractivity contribution >= 4 is 0 Å². The fraction of sp³-hybridized carbons (Fsp3) is 1.00. The molecule has 2 nitrogen and oxygen atoms in total. The van der Waals surface area contributed by atoms with E-state index in [9.17, 15) is 5.11 Å². The minimum Gasteiger partial charge on any atom is -0.390 e. The number of rotatable bonds is 7. The molecule has 0 aliphatic carbocycles. The van der Waals surface area contributed by atoms with Crippen molar-refractivity contribution < 1.29 is 9.84 Å². The molecule has 2 fully saturated rings. The van der Waals surface area contributed by atoms with Crippen LogP contribution in [0.5, 0.6) is 0 Å². The van der Waals surface area contributed by atoms with Crippen LogP contribution >= 0.6 is 0 Å². The van der Waals surface area contributed by atoms with Crippen molar-refractivity contribution in [2.45, 2.75) is 95.4 Å². The van der Waals surface area contributed by atoms with E-state index in [1.807, 2.05) is 0 Å². The lowest BCUT2D eigenvalue weighted by molar-refractivity contribution is -0.115. The molecule has 2 heterocycles. The van der Waals surface area contributed by atoms with Crippen molar-refractivity contribution in [2.24, 2.45) is 0 Å². The summed E-state index contributed by atoms with van der Waals surface area (Å²) in [6, 6.07) is 0. The van der Waals surface area contributed by atoms with Crippen molar-refractivity contribution in [3.63, 3.8) is 0 Å². The number of aliphatic hydroxyl groups is 1. The summed E-state index contributed by atoms with van der Waals surface area (Å²) >= 11 is 0. The average Bonchev–Trinajstić information content (AvgIpc) is 2.64. The quantitative estimate of drug-likeness (QED) is 0.686. The number of hydrogen-bond acceptors (Lipinski definition) is 2. The van der Waals surface area contributed by atoms with Crippen LogP contribution in [0.25, 0.3) is 0 Å². The van der Waals surface area contributed by atoms with Gasteiger partial charge in [0.25, 0.3) is 0 Å². The standard InChI is InChI=1S/C15H28O2/c1-2-3-4-5-6-7-10-15(16)11-13-8-9-14(12-15)17-13/h13-14,16H,2-12H2,1H3. The van der Waals surface area contributed by atoms with E-state index in [1.54, 1.807) is 0 Å². The zero-order chi connectivity index (χ0) is 12.1. The van der Waals surface area contributed by atoms with Crippen molar-refractivity contribution in [1.29, 1.82) is 0 Å². The maximum Gasteiger partial charge on any atom is 0.0697 e. The average molecular weight is 240 g/mol. The Hall–Kier alpha value is -0.0800. The zero-order valence-electron chi connectivity index (χ0n) is 11.3. The number of unbranched alkanes of at least 4 members (excludes halogenated alkanes) is 5. The Bertz CT molecular complexity index is 215. The van der Waals surface area contributed by atoms with Gasteiger partial charge in [-0.15, -0.1) is 0 Å². The molecule has 2 rings (SSSR count). The Labute approximate surface area is 106 Å². The molecular formula is C15H28O2. The molecule has 0 aromatic heterocycles. The molecule has 2 aliphatic heterocycles. The third-order valence-electron chi connectivity index (χ3n) is 4.41. The molecule has 0 amide bonds. The summed E-state index contributed by atoms with van der Waals surface area (Å²) in [5.41, 5.74) is -0.394. The second kappa shape index (κ2) is 6.19. The Morgan fingerprint density at radius 1 is 1.00 bits per heavy atom. The highest BCUT2D eigenvalue weighted by Crippen LogP contribution is 2.40. The molecule has 2 unspecified atom stereocenters. The SMILES string of the molecule is CCCCCCCCC1(O)CC2CCC(C1)O2. The van der Waals surface area contributed by atoms with E-state index in [1.165, 1.54) is 51.4 Å². The van der Waals surface area contributed by atoms with Gasteiger partial charge >= 0.3 is 0 Å². The van der Waals surface area contributed by atoms with Crippen LogP contribution in [0.15, 0.2) is 0 Å². The van der Waals surface area contributed by atoms with Crippen LogP contribution in [0, 0.1) is 0 Å². The largest absolute Gasteiger partial charge is 0.390 e. The third-order valence-corrected chi connectivity index (χ3v) is 4.41. The second-order valence-corrected chi connectivity index (χ2v) is 6.11. The van der Waals surface area contributed by atoms with E-state index in [0.717, 1.165) is 19.3 Å². The van der Waals surface area contributed by atoms with Crippen LogP contribution in [0.3, 0.4) is 0 Å². The lowest BCUT2D eigenvalue weighted by Gasteiger charge is -2.36. The van der Waals surface area contributed by atoms with Gasteiger partial charge in [0.15, 0.2) is 0 Å². The van der Waals surface area contributed by atoms with Gasteiger partial charge in [-0.2, -0.15) is 0 Å². The topological polar surface area (TPSA) is 29.5 Å². The van der Waals surface area contributed by atoms with Crippen LogP contribution in [0.4, 0.5) is 0 Å². The van der Waals surface area contributed by atoms with E-state index < -0.39 is 5.60 Å². The number of ether oxygens (including phenoxy) is 1. The molecule has 2 saturated heterocycles. The first-order chi connectivity index (χ1) is 8.22. The van der Waals surface area contributed by atoms with E-state index in [-0.39, 0.29) is 0 Å². The lowest BCUT2D eigenvalue weighted by Crippen LogP contribution is -2.40. The highest BCUT2D eigenvalue weighted by atomic mass is 16.5. The molecule has 0 spiro atoms. The predicted octanol–water partition coefficient (Wildman–Crippen LogP) is 3.81. The normalized spacial score (nSPS) is 36.4. The number of fused-ring (bicyclic) bond motifs is 2. The highest BCUT2D eigenvalue weighted by Gasteiger charge is 2.42. The maximum atomic E-state index is 10.6. The van der Waals surface area contributed by atoms with Crippen molar-refractivity contribution in [2.75, 3.05) is 0 Å². The van der Waals surface area contributed by atoms with Crippen LogP contribution < -0.4 is 0 Å². The van der Waals surface area contributed by atoms with Gasteiger partial charge in [0.05, 0.1) is 17.8 Å². The van der Waals surface area contributed by atoms with Crippen LogP contribution in [0.1, 0.15) is 77.6 Å². The fourth-order valence-corrected chi connectivity index (χ4v) is 3.45. The minimum absolute atomic E-state index is 0.360. The zero-order valence-corrected chi connectivity index (χ0v) is 11.3. The summed E-state index contributed by atoms with van der Waals surface area (Å²) in [6.45, 7) is 2.25. The summed E-state index contributed by atoms with van der Waals surface area (Å²) in [6.07, 6.45) is 13.7. The molecule has 0 radical (unpaired) electrons. The minimum atomic E-state index is -0.394. The summed E-state index contributed by atoms with van der Waals surface area (Å²) in [5, 5.41) is 10.6. The van der Waals surface area contributed by atoms with Crippen LogP contribution in [-0.2, 0) is 4.74 Å². The van der Waals surface area contributed by atoms with Gasteiger partial charge in [0.1, 0.15) is 0 Å². The lowest BCUT2D eigenvalue weighted by atomic mass is 9.85. The molecule has 1 N–H and O–H groups in total. The van der Waals surface area contributed by atoms with E-state index in [2.05, 4.69) is 6.92 Å². The van der Waals surface area contributed by atoms with E-state index in [4.69, 9.17) is 4.74 Å². The molecule has 0 aromatic carbocycles. The first kappa shape index (κ1) is 13.4. The fourth-order valence-electron chi connectivity index (χ4n) is 3.45. The van der Waals surface area contributed by atoms with Gasteiger partial charge < -0.3 is 9.84 Å². The molecule has 2 atom stereocenters. The molecule has 0 aromatic rings. The maximum absolute atomic E-state index is 10.6. The molecule has 2 aliphatic rings. The van der Waals surface area contributed by atoms with Crippen molar-refractivity contribution in [3.05, 3.63) is 0 Å². The summed E-state index contributed by atoms with van der Waals surface area (Å²) in [5.74, 6) is 0. The van der Waals surface area contributed by atoms with Crippen LogP contribution in [0.2, 0.25) is 0 Å². The van der Waals surface area contributed by atoms with Crippen molar-refractivity contribution in [3.8, 4) is 0 Å². The summed E-state index contributed by atoms with van der Waals surface area (Å²) in [7, 11) is 0. The third kappa shape index (κ3) is 3.96. The molecule has 17 heavy (non-hydrogen) atoms. The number of hydrogen-bond donors (Lipinski definition) is 1. The van der Waals surface area contributed by atoms with E-state index >= 15 is 0 Å². The van der Waals surface area contributed by atoms with Gasteiger partial charge in [0, 0.05) is 12.8 Å². The predicted molar refractivity (Wildman–Crippen MR) is 70.1 cm³/mol. The monoisotopic (exact) mass is 240 g/mol. The van der Waals surface area contributed by atoms with Gasteiger partial charge in [-0.25, -0.2) is 0 Å². The van der Waals surface area contributed by atoms with Gasteiger partial charge in [-0.1, -0.05) is 45.4 Å². The first-order valence-corrected chi connectivity index (χ1v) is 7.60. The molecule has 2 bridgehead atoms. The van der Waals surface area contributed by atoms with Gasteiger partial charge in [0.2, 0.25) is 0 Å². The molecular weight excluding hydrogens is 212 g/mol. The van der Waals surface area contributed by atoms with Crippen molar-refractivity contribution in [1.82, 2.24) is 0 Å². The molecule has 2 heteroatoms. The van der Waals surface area contributed by atoms with Gasteiger partial charge in [-0.3, -0.25) is 0 Å². The van der Waals surface area contributed by atoms with Crippen LogP contribution in [-0.4, -0.2) is 22.9 Å². The summed E-state index contributed by atoms with van der Waals surface area (Å²) < 4.78 is 5.79. The Kier molecular flexibility index (Phi) is 4.87. The summed E-state index contributed by atoms with van der Waals surface area (Å²) in [4.78, 5) is 0. The Morgan fingerprint density at radius 3 is 2.24 bits per heavy atom.